The van der Waals surface area contributed by atoms with Gasteiger partial charge in [0, 0.05) is 10.5 Å². The fourth-order valence-corrected chi connectivity index (χ4v) is 1.39. The van der Waals surface area contributed by atoms with Gasteiger partial charge in [-0.1, -0.05) is 15.9 Å². The van der Waals surface area contributed by atoms with Crippen LogP contribution in [0.5, 0.6) is 5.75 Å². The summed E-state index contributed by atoms with van der Waals surface area (Å²) in [7, 11) is 0. The standard InChI is InChI=1S/C7H5BBrF3NO3.K/c9-5-1-6(13(14)15)3-7(2-5)16-4-8(10,11)12;/h1-3H,4H2;/q-1;+1. The number of ether oxygens (including phenoxy) is 1. The van der Waals surface area contributed by atoms with Gasteiger partial charge in [-0.25, -0.2) is 0 Å². The Morgan fingerprint density at radius 2 is 1.94 bits per heavy atom. The van der Waals surface area contributed by atoms with Crippen LogP contribution < -0.4 is 56.1 Å². The van der Waals surface area contributed by atoms with Gasteiger partial charge in [0.05, 0.1) is 17.5 Å². The summed E-state index contributed by atoms with van der Waals surface area (Å²) in [5, 5.41) is 10.4. The van der Waals surface area contributed by atoms with E-state index in [-0.39, 0.29) is 67.3 Å². The third kappa shape index (κ3) is 6.77. The topological polar surface area (TPSA) is 52.4 Å². The summed E-state index contributed by atoms with van der Waals surface area (Å²) in [6.07, 6.45) is 0. The van der Waals surface area contributed by atoms with Crippen molar-refractivity contribution in [3.8, 4) is 5.75 Å². The van der Waals surface area contributed by atoms with E-state index in [1.807, 2.05) is 0 Å². The van der Waals surface area contributed by atoms with Crippen LogP contribution >= 0.6 is 15.9 Å². The van der Waals surface area contributed by atoms with Gasteiger partial charge in [-0.3, -0.25) is 10.1 Å². The first-order valence-corrected chi connectivity index (χ1v) is 4.86. The number of nitro groups is 1. The quantitative estimate of drug-likeness (QED) is 0.446. The molecule has 0 fully saturated rings. The van der Waals surface area contributed by atoms with E-state index in [0.717, 1.165) is 6.07 Å². The SMILES string of the molecule is O=[N+]([O-])c1cc(Br)cc(OC[B-](F)(F)F)c1.[K+]. The second-order valence-corrected chi connectivity index (χ2v) is 3.84. The normalized spacial score (nSPS) is 10.6. The zero-order valence-corrected chi connectivity index (χ0v) is 13.4. The monoisotopic (exact) mass is 337 g/mol. The number of nitrogens with zero attached hydrogens (tertiary/aromatic N) is 1. The minimum absolute atomic E-state index is 0. The summed E-state index contributed by atoms with van der Waals surface area (Å²) in [4.78, 5) is 9.71. The number of hydrogen-bond acceptors (Lipinski definition) is 3. The first kappa shape index (κ1) is 17.4. The molecule has 1 aromatic carbocycles. The van der Waals surface area contributed by atoms with Crippen LogP contribution in [0.1, 0.15) is 0 Å². The molecular formula is C7H5BBrF3KNO3. The van der Waals surface area contributed by atoms with Crippen LogP contribution in [0.3, 0.4) is 0 Å². The van der Waals surface area contributed by atoms with Crippen molar-refractivity contribution in [1.29, 1.82) is 0 Å². The number of benzene rings is 1. The Kier molecular flexibility index (Phi) is 7.26. The first-order chi connectivity index (χ1) is 7.28. The van der Waals surface area contributed by atoms with Gasteiger partial charge >= 0.3 is 58.4 Å². The first-order valence-electron chi connectivity index (χ1n) is 4.07. The summed E-state index contributed by atoms with van der Waals surface area (Å²) in [5.74, 6) is -0.194. The molecule has 0 aliphatic heterocycles. The van der Waals surface area contributed by atoms with Gasteiger partial charge in [-0.2, -0.15) is 0 Å². The minimum atomic E-state index is -5.08. The minimum Gasteiger partial charge on any atom is -0.521 e. The van der Waals surface area contributed by atoms with Crippen LogP contribution in [-0.2, 0) is 0 Å². The van der Waals surface area contributed by atoms with Gasteiger partial charge in [0.2, 0.25) is 0 Å². The predicted molar refractivity (Wildman–Crippen MR) is 55.4 cm³/mol. The molecule has 0 amide bonds. The Morgan fingerprint density at radius 1 is 1.35 bits per heavy atom. The largest absolute Gasteiger partial charge is 1.00 e. The van der Waals surface area contributed by atoms with Crippen LogP contribution in [0.15, 0.2) is 22.7 Å². The summed E-state index contributed by atoms with van der Waals surface area (Å²) in [5.41, 5.74) is -0.334. The molecule has 0 atom stereocenters. The summed E-state index contributed by atoms with van der Waals surface area (Å²) in [6.45, 7) is -6.50. The molecule has 1 aromatic rings. The molecule has 0 saturated carbocycles. The number of halogens is 4. The molecule has 10 heteroatoms. The van der Waals surface area contributed by atoms with Gasteiger partial charge in [0.15, 0.2) is 0 Å². The van der Waals surface area contributed by atoms with E-state index in [4.69, 9.17) is 0 Å². The fraction of sp³-hybridized carbons (Fsp3) is 0.143. The van der Waals surface area contributed by atoms with E-state index in [9.17, 15) is 23.1 Å². The van der Waals surface area contributed by atoms with Gasteiger partial charge in [0.1, 0.15) is 5.75 Å². The second-order valence-electron chi connectivity index (χ2n) is 2.92. The third-order valence-electron chi connectivity index (χ3n) is 1.51. The molecule has 0 heterocycles. The van der Waals surface area contributed by atoms with Crippen LogP contribution in [-0.4, -0.2) is 18.4 Å². The predicted octanol–water partition coefficient (Wildman–Crippen LogP) is 0.127. The Morgan fingerprint density at radius 3 is 2.41 bits per heavy atom. The smallest absolute Gasteiger partial charge is 0.521 e. The van der Waals surface area contributed by atoms with E-state index < -0.39 is 18.4 Å². The third-order valence-corrected chi connectivity index (χ3v) is 1.96. The maximum atomic E-state index is 11.9. The second kappa shape index (κ2) is 7.10. The van der Waals surface area contributed by atoms with Crippen molar-refractivity contribution in [2.45, 2.75) is 0 Å². The Bertz CT molecular complexity index is 418. The van der Waals surface area contributed by atoms with Crippen molar-refractivity contribution < 1.29 is 74.0 Å². The molecule has 0 aromatic heterocycles. The summed E-state index contributed by atoms with van der Waals surface area (Å²) >= 11 is 2.94. The van der Waals surface area contributed by atoms with Crippen LogP contribution in [0.4, 0.5) is 18.6 Å². The average Bonchev–Trinajstić information content (AvgIpc) is 2.13. The number of hydrogen-bond donors (Lipinski definition) is 0. The fourth-order valence-electron chi connectivity index (χ4n) is 0.927. The average molecular weight is 338 g/mol. The Labute approximate surface area is 146 Å². The van der Waals surface area contributed by atoms with Crippen molar-refractivity contribution >= 4 is 28.6 Å². The van der Waals surface area contributed by atoms with Crippen LogP contribution in [0.2, 0.25) is 0 Å². The Balaban J connectivity index is 0.00000256. The molecule has 0 unspecified atom stereocenters. The van der Waals surface area contributed by atoms with Gasteiger partial charge < -0.3 is 17.7 Å². The molecule has 0 saturated heterocycles. The summed E-state index contributed by atoms with van der Waals surface area (Å²) < 4.78 is 40.4. The van der Waals surface area contributed by atoms with Crippen molar-refractivity contribution in [3.05, 3.63) is 32.8 Å². The van der Waals surface area contributed by atoms with Crippen molar-refractivity contribution in [1.82, 2.24) is 0 Å². The number of nitro benzene ring substituents is 1. The Hall–Kier alpha value is 0.391. The molecule has 0 aliphatic carbocycles. The zero-order chi connectivity index (χ0) is 12.3. The maximum Gasteiger partial charge on any atom is 1.00 e. The van der Waals surface area contributed by atoms with Crippen molar-refractivity contribution in [3.63, 3.8) is 0 Å². The van der Waals surface area contributed by atoms with E-state index in [1.54, 1.807) is 0 Å². The van der Waals surface area contributed by atoms with E-state index in [0.29, 0.717) is 0 Å². The van der Waals surface area contributed by atoms with E-state index >= 15 is 0 Å². The molecule has 0 radical (unpaired) electrons. The van der Waals surface area contributed by atoms with Crippen molar-refractivity contribution in [2.24, 2.45) is 0 Å². The van der Waals surface area contributed by atoms with E-state index in [2.05, 4.69) is 20.7 Å². The molecule has 0 aliphatic rings. The molecule has 0 spiro atoms. The van der Waals surface area contributed by atoms with Crippen molar-refractivity contribution in [2.75, 3.05) is 6.51 Å². The molecule has 0 bridgehead atoms. The summed E-state index contributed by atoms with van der Waals surface area (Å²) in [6, 6.07) is 3.34. The van der Waals surface area contributed by atoms with Crippen LogP contribution in [0.25, 0.3) is 0 Å². The van der Waals surface area contributed by atoms with Crippen LogP contribution in [0, 0.1) is 10.1 Å². The molecule has 88 valence electrons. The maximum absolute atomic E-state index is 11.9. The molecule has 17 heavy (non-hydrogen) atoms. The molecule has 1 rings (SSSR count). The van der Waals surface area contributed by atoms with Gasteiger partial charge in [-0.15, -0.1) is 0 Å². The van der Waals surface area contributed by atoms with Gasteiger partial charge in [0.25, 0.3) is 5.69 Å². The number of non-ortho nitro benzene ring substituents is 1. The molecule has 4 nitrogen and oxygen atoms in total. The molecule has 0 N–H and O–H groups in total. The molecular weight excluding hydrogens is 333 g/mol. The zero-order valence-electron chi connectivity index (χ0n) is 8.70. The number of rotatable bonds is 4. The van der Waals surface area contributed by atoms with Gasteiger partial charge in [-0.05, 0) is 6.07 Å². The van der Waals surface area contributed by atoms with E-state index in [1.165, 1.54) is 12.1 Å².